The molecule has 25 heteroatoms. The first-order valence-electron chi connectivity index (χ1n) is 31.1. The average Bonchev–Trinajstić information content (AvgIpc) is 2.22. The molecule has 0 aromatic rings. The lowest BCUT2D eigenvalue weighted by Gasteiger charge is -2.34. The van der Waals surface area contributed by atoms with E-state index < -0.39 is 130 Å². The van der Waals surface area contributed by atoms with Crippen LogP contribution in [0, 0.1) is 35.5 Å². The van der Waals surface area contributed by atoms with E-state index >= 15 is 0 Å². The zero-order valence-electron chi connectivity index (χ0n) is 55.9. The van der Waals surface area contributed by atoms with Crippen molar-refractivity contribution in [2.75, 3.05) is 33.7 Å². The third-order valence-electron chi connectivity index (χ3n) is 15.4. The summed E-state index contributed by atoms with van der Waals surface area (Å²) in [6.07, 6.45) is 1.81. The minimum absolute atomic E-state index is 0.0530. The fourth-order valence-electron chi connectivity index (χ4n) is 9.87. The van der Waals surface area contributed by atoms with E-state index in [1.54, 1.807) is 54.5 Å². The van der Waals surface area contributed by atoms with E-state index in [0.29, 0.717) is 19.5 Å². The number of likely N-dealkylation sites (tertiary alicyclic amines) is 1. The van der Waals surface area contributed by atoms with Gasteiger partial charge in [0.1, 0.15) is 58.7 Å². The van der Waals surface area contributed by atoms with Gasteiger partial charge in [-0.15, -0.1) is 5.06 Å². The number of ketones is 1. The van der Waals surface area contributed by atoms with E-state index in [-0.39, 0.29) is 91.9 Å². The molecule has 1 aliphatic heterocycles. The molecule has 0 bridgehead atoms. The Morgan fingerprint density at radius 3 is 1.70 bits per heavy atom. The molecule has 12 atom stereocenters. The lowest BCUT2D eigenvalue weighted by atomic mass is 9.92. The van der Waals surface area contributed by atoms with Gasteiger partial charge in [-0.2, -0.15) is 0 Å². The molecule has 1 saturated heterocycles. The molecule has 10 amide bonds. The quantitative estimate of drug-likeness (QED) is 0.0234. The normalized spacial score (nSPS) is 18.4. The summed E-state index contributed by atoms with van der Waals surface area (Å²) in [5.74, 6) is -8.73. The van der Waals surface area contributed by atoms with Crippen molar-refractivity contribution in [3.05, 3.63) is 12.2 Å². The summed E-state index contributed by atoms with van der Waals surface area (Å²) in [4.78, 5) is 154. The van der Waals surface area contributed by atoms with Gasteiger partial charge in [0.15, 0.2) is 0 Å². The number of aliphatic hydroxyl groups is 2. The second-order valence-electron chi connectivity index (χ2n) is 27.3. The van der Waals surface area contributed by atoms with Gasteiger partial charge in [-0.05, 0) is 136 Å². The number of carbonyl (C=O) groups is 11. The molecule has 12 unspecified atom stereocenters. The number of quaternary nitrogens is 1. The van der Waals surface area contributed by atoms with Crippen LogP contribution in [0.25, 0.3) is 0 Å². The molecule has 0 radical (unpaired) electrons. The molecule has 1 aliphatic rings. The fourth-order valence-corrected chi connectivity index (χ4v) is 9.87. The third-order valence-corrected chi connectivity index (χ3v) is 15.4. The second-order valence-corrected chi connectivity index (χ2v) is 27.3. The van der Waals surface area contributed by atoms with Crippen molar-refractivity contribution < 1.29 is 73.2 Å². The maximum Gasteiger partial charge on any atom is 0.345 e. The van der Waals surface area contributed by atoms with Gasteiger partial charge in [-0.25, -0.2) is 10.0 Å². The SMILES string of the molecule is CCC(=O)CC(O)CC(C)CC(NC(=O)C1CC(C)CN1C(=O)C=CC(C)CC)C(=O)NC(C(=O)NC(C)(C)C(=O)NC(CC(C)C)C(=O)NC(CC(C)C)C(=O)NC(C)(C)C(=O)NC(C)(C)C(=O)NCCC(=O)[NH+](O)C(C)CN(C)C)C(O)C(C)C. The van der Waals surface area contributed by atoms with Gasteiger partial charge >= 0.3 is 5.91 Å². The van der Waals surface area contributed by atoms with Gasteiger partial charge in [0.2, 0.25) is 53.2 Å². The second kappa shape index (κ2) is 35.9. The van der Waals surface area contributed by atoms with Crippen molar-refractivity contribution in [2.24, 2.45) is 35.5 Å². The standard InChI is InChI=1S/C62H111N11O14/c1-21-38(9)23-24-48(76)72-33-40(11)31-47(72)55(82)65-46(30-39(10)29-43(75)32-42(74)22-2)53(80)67-50(51(78)37(7)8)56(83)69-61(15,16)58(85)66-44(27-35(3)4)52(79)64-45(28-36(5)6)54(81)68-62(17,18)59(86)70-60(13,14)57(84)63-26-25-49(77)73(87)41(12)34-71(19)20/h23-24,35-41,43-47,50-51,75,78,87H,21-22,25-34H2,1-20H3,(H,63,84)(H,64,79)(H,65,82)(H,66,85)(H,67,80)(H,68,81)(H,69,83)(H,70,86)/p+1. The molecule has 12 N–H and O–H groups in total. The lowest BCUT2D eigenvalue weighted by molar-refractivity contribution is -1.04. The summed E-state index contributed by atoms with van der Waals surface area (Å²) in [7, 11) is 3.62. The number of aliphatic hydroxyl groups excluding tert-OH is 2. The highest BCUT2D eigenvalue weighted by Crippen LogP contribution is 2.25. The zero-order valence-corrected chi connectivity index (χ0v) is 55.9. The number of hydrogen-bond acceptors (Lipinski definition) is 15. The first kappa shape index (κ1) is 79.1. The molecule has 1 heterocycles. The molecule has 1 rings (SSSR count). The Morgan fingerprint density at radius 2 is 1.17 bits per heavy atom. The van der Waals surface area contributed by atoms with Crippen molar-refractivity contribution in [3.63, 3.8) is 0 Å². The first-order valence-corrected chi connectivity index (χ1v) is 31.1. The highest BCUT2D eigenvalue weighted by molar-refractivity contribution is 6.00. The molecule has 0 aromatic heterocycles. The van der Waals surface area contributed by atoms with Crippen LogP contribution in [0.1, 0.15) is 182 Å². The zero-order chi connectivity index (χ0) is 67.2. The van der Waals surface area contributed by atoms with Gasteiger partial charge in [-0.3, -0.25) is 47.9 Å². The Hall–Kier alpha value is -5.89. The van der Waals surface area contributed by atoms with Crippen molar-refractivity contribution >= 4 is 64.9 Å². The van der Waals surface area contributed by atoms with E-state index in [0.717, 1.165) is 6.42 Å². The van der Waals surface area contributed by atoms with E-state index in [1.165, 1.54) is 52.5 Å². The summed E-state index contributed by atoms with van der Waals surface area (Å²) in [5.41, 5.74) is -5.02. The van der Waals surface area contributed by atoms with Gasteiger partial charge in [0.05, 0.1) is 25.2 Å². The summed E-state index contributed by atoms with van der Waals surface area (Å²) < 4.78 is 0. The molecule has 498 valence electrons. The van der Waals surface area contributed by atoms with Crippen LogP contribution in [0.3, 0.4) is 0 Å². The first-order chi connectivity index (χ1) is 40.0. The molecular weight excluding hydrogens is 1120 g/mol. The van der Waals surface area contributed by atoms with Crippen LogP contribution in [-0.2, 0) is 52.7 Å². The lowest BCUT2D eigenvalue weighted by Crippen LogP contribution is -3.16. The molecule has 25 nitrogen and oxygen atoms in total. The fraction of sp³-hybridized carbons (Fsp3) is 0.790. The molecular formula is C62H112N11O14+. The van der Waals surface area contributed by atoms with Crippen molar-refractivity contribution in [2.45, 2.75) is 247 Å². The van der Waals surface area contributed by atoms with E-state index in [4.69, 9.17) is 0 Å². The number of nitrogens with zero attached hydrogens (tertiary/aromatic N) is 2. The predicted molar refractivity (Wildman–Crippen MR) is 330 cm³/mol. The number of hydrogen-bond donors (Lipinski definition) is 12. The summed E-state index contributed by atoms with van der Waals surface area (Å²) in [5, 5.41) is 53.8. The summed E-state index contributed by atoms with van der Waals surface area (Å²) in [6.45, 7) is 30.4. The van der Waals surface area contributed by atoms with Gasteiger partial charge in [0.25, 0.3) is 0 Å². The topological polar surface area (TPSA) is 356 Å². The van der Waals surface area contributed by atoms with E-state index in [9.17, 15) is 68.2 Å². The van der Waals surface area contributed by atoms with Gasteiger partial charge in [-0.1, -0.05) is 88.7 Å². The maximum atomic E-state index is 14.6. The maximum absolute atomic E-state index is 14.6. The van der Waals surface area contributed by atoms with Crippen molar-refractivity contribution in [1.29, 1.82) is 0 Å². The third kappa shape index (κ3) is 27.2. The van der Waals surface area contributed by atoms with E-state index in [2.05, 4.69) is 42.5 Å². The molecule has 0 aromatic carbocycles. The number of nitrogens with one attached hydrogen (secondary N) is 9. The number of amides is 10. The number of allylic oxidation sites excluding steroid dienone is 1. The Morgan fingerprint density at radius 1 is 0.655 bits per heavy atom. The number of likely N-dealkylation sites (N-methyl/N-ethyl adjacent to an activating group) is 1. The Kier molecular flexibility index (Phi) is 32.7. The molecule has 87 heavy (non-hydrogen) atoms. The molecule has 0 spiro atoms. The van der Waals surface area contributed by atoms with Gasteiger partial charge in [0, 0.05) is 25.9 Å². The summed E-state index contributed by atoms with van der Waals surface area (Å²) in [6, 6.07) is -6.97. The highest BCUT2D eigenvalue weighted by atomic mass is 16.5. The van der Waals surface area contributed by atoms with E-state index in [1.807, 2.05) is 53.6 Å². The Balaban J connectivity index is 3.44. The van der Waals surface area contributed by atoms with Crippen LogP contribution in [-0.4, -0.2) is 189 Å². The van der Waals surface area contributed by atoms with Gasteiger partial charge < -0.3 is 62.5 Å². The molecule has 1 fully saturated rings. The molecule has 0 saturated carbocycles. The van der Waals surface area contributed by atoms with Crippen molar-refractivity contribution in [3.8, 4) is 0 Å². The predicted octanol–water partition coefficient (Wildman–Crippen LogP) is 0.962. The smallest absolute Gasteiger partial charge is 0.345 e. The minimum atomic E-state index is -1.83. The minimum Gasteiger partial charge on any atom is -0.393 e. The van der Waals surface area contributed by atoms with Crippen LogP contribution >= 0.6 is 0 Å². The summed E-state index contributed by atoms with van der Waals surface area (Å²) >= 11 is 0. The largest absolute Gasteiger partial charge is 0.393 e. The number of hydroxylamine groups is 2. The monoisotopic (exact) mass is 1230 g/mol. The van der Waals surface area contributed by atoms with Crippen LogP contribution in [0.4, 0.5) is 0 Å². The average molecular weight is 1240 g/mol. The van der Waals surface area contributed by atoms with Crippen LogP contribution < -0.4 is 47.6 Å². The van der Waals surface area contributed by atoms with Crippen molar-refractivity contribution in [1.82, 2.24) is 52.3 Å². The van der Waals surface area contributed by atoms with Crippen LogP contribution in [0.2, 0.25) is 0 Å². The Labute approximate surface area is 517 Å². The van der Waals surface area contributed by atoms with Crippen LogP contribution in [0.5, 0.6) is 0 Å². The Bertz CT molecular complexity index is 2380. The molecule has 0 aliphatic carbocycles. The number of rotatable bonds is 37. The highest BCUT2D eigenvalue weighted by Gasteiger charge is 2.43. The number of carbonyl (C=O) groups excluding carboxylic acids is 11. The number of Topliss-reactive ketones (excluding diaryl/α,β-unsaturated/α-hetero) is 1. The van der Waals surface area contributed by atoms with Crippen LogP contribution in [0.15, 0.2) is 12.2 Å².